The van der Waals surface area contributed by atoms with Gasteiger partial charge in [-0.3, -0.25) is 9.59 Å². The summed E-state index contributed by atoms with van der Waals surface area (Å²) in [5.74, 6) is 0.234. The van der Waals surface area contributed by atoms with Crippen LogP contribution in [0.3, 0.4) is 0 Å². The topological polar surface area (TPSA) is 55.4 Å². The Balaban J connectivity index is 2.05. The number of halogens is 2. The molecule has 1 amide bonds. The predicted molar refractivity (Wildman–Crippen MR) is 97.0 cm³/mol. The average molecular weight is 441 g/mol. The van der Waals surface area contributed by atoms with Crippen molar-refractivity contribution >= 4 is 49.2 Å². The number of hydrogen-bond acceptors (Lipinski definition) is 3. The van der Waals surface area contributed by atoms with E-state index in [9.17, 15) is 9.59 Å². The van der Waals surface area contributed by atoms with E-state index in [2.05, 4.69) is 37.2 Å². The number of carbonyl (C=O) groups excluding carboxylic acids is 2. The molecule has 0 radical (unpaired) electrons. The Morgan fingerprint density at radius 3 is 2.52 bits per heavy atom. The molecule has 0 spiro atoms. The van der Waals surface area contributed by atoms with E-state index in [4.69, 9.17) is 4.74 Å². The smallest absolute Gasteiger partial charge is 0.265 e. The second-order valence-corrected chi connectivity index (χ2v) is 6.73. The molecule has 23 heavy (non-hydrogen) atoms. The van der Waals surface area contributed by atoms with E-state index < -0.39 is 6.10 Å². The van der Waals surface area contributed by atoms with Crippen LogP contribution in [-0.4, -0.2) is 17.8 Å². The van der Waals surface area contributed by atoms with Crippen molar-refractivity contribution in [3.63, 3.8) is 0 Å². The first-order valence-electron chi connectivity index (χ1n) is 6.90. The molecule has 2 aromatic rings. The Bertz CT molecular complexity index is 746. The van der Waals surface area contributed by atoms with Gasteiger partial charge >= 0.3 is 0 Å². The molecule has 0 saturated heterocycles. The summed E-state index contributed by atoms with van der Waals surface area (Å²) in [6.45, 7) is 3.15. The lowest BCUT2D eigenvalue weighted by molar-refractivity contribution is -0.122. The summed E-state index contributed by atoms with van der Waals surface area (Å²) >= 11 is 6.75. The summed E-state index contributed by atoms with van der Waals surface area (Å²) in [5, 5.41) is 2.75. The summed E-state index contributed by atoms with van der Waals surface area (Å²) in [5.41, 5.74) is 1.11. The number of amides is 1. The van der Waals surface area contributed by atoms with Crippen LogP contribution in [0.1, 0.15) is 24.2 Å². The molecule has 1 atom stereocenters. The third-order valence-corrected chi connectivity index (χ3v) is 4.22. The largest absolute Gasteiger partial charge is 0.480 e. The van der Waals surface area contributed by atoms with E-state index in [1.54, 1.807) is 37.3 Å². The number of benzene rings is 2. The van der Waals surface area contributed by atoms with Gasteiger partial charge in [-0.25, -0.2) is 0 Å². The summed E-state index contributed by atoms with van der Waals surface area (Å²) in [4.78, 5) is 23.6. The van der Waals surface area contributed by atoms with Gasteiger partial charge in [-0.05, 0) is 60.1 Å². The van der Waals surface area contributed by atoms with Gasteiger partial charge in [0, 0.05) is 15.7 Å². The van der Waals surface area contributed by atoms with Crippen molar-refractivity contribution < 1.29 is 14.3 Å². The Morgan fingerprint density at radius 2 is 1.87 bits per heavy atom. The second kappa shape index (κ2) is 7.75. The molecule has 120 valence electrons. The molecule has 0 saturated carbocycles. The van der Waals surface area contributed by atoms with Crippen molar-refractivity contribution in [2.45, 2.75) is 20.0 Å². The van der Waals surface area contributed by atoms with E-state index >= 15 is 0 Å². The number of ketones is 1. The minimum absolute atomic E-state index is 0.0517. The minimum atomic E-state index is -0.687. The molecule has 0 aliphatic carbocycles. The zero-order chi connectivity index (χ0) is 17.0. The highest BCUT2D eigenvalue weighted by atomic mass is 79.9. The lowest BCUT2D eigenvalue weighted by Gasteiger charge is -2.16. The molecule has 0 aliphatic heterocycles. The molecule has 0 fully saturated rings. The molecule has 0 bridgehead atoms. The van der Waals surface area contributed by atoms with Gasteiger partial charge in [0.25, 0.3) is 5.91 Å². The molecule has 0 heterocycles. The van der Waals surface area contributed by atoms with Crippen LogP contribution in [0.4, 0.5) is 5.69 Å². The zero-order valence-electron chi connectivity index (χ0n) is 12.6. The van der Waals surface area contributed by atoms with E-state index in [1.165, 1.54) is 6.92 Å². The maximum atomic E-state index is 12.2. The van der Waals surface area contributed by atoms with Crippen molar-refractivity contribution in [2.75, 3.05) is 5.32 Å². The van der Waals surface area contributed by atoms with Crippen LogP contribution >= 0.6 is 31.9 Å². The van der Waals surface area contributed by atoms with Gasteiger partial charge in [0.1, 0.15) is 5.75 Å². The highest BCUT2D eigenvalue weighted by molar-refractivity contribution is 9.11. The van der Waals surface area contributed by atoms with E-state index in [0.29, 0.717) is 17.0 Å². The first-order chi connectivity index (χ1) is 10.9. The number of hydrogen-bond donors (Lipinski definition) is 1. The molecular formula is C17H15Br2NO3. The lowest BCUT2D eigenvalue weighted by Crippen LogP contribution is -2.30. The van der Waals surface area contributed by atoms with Crippen LogP contribution in [-0.2, 0) is 4.79 Å². The highest BCUT2D eigenvalue weighted by Gasteiger charge is 2.16. The molecule has 2 aromatic carbocycles. The Hall–Kier alpha value is -1.66. The third-order valence-electron chi connectivity index (χ3n) is 3.10. The van der Waals surface area contributed by atoms with Crippen LogP contribution in [0.15, 0.2) is 51.4 Å². The highest BCUT2D eigenvalue weighted by Crippen LogP contribution is 2.29. The van der Waals surface area contributed by atoms with Crippen molar-refractivity contribution in [3.8, 4) is 5.75 Å². The van der Waals surface area contributed by atoms with Crippen LogP contribution in [0, 0.1) is 0 Å². The molecular weight excluding hydrogens is 426 g/mol. The average Bonchev–Trinajstić information content (AvgIpc) is 2.50. The van der Waals surface area contributed by atoms with E-state index in [-0.39, 0.29) is 11.7 Å². The normalized spacial score (nSPS) is 11.7. The molecule has 1 N–H and O–H groups in total. The van der Waals surface area contributed by atoms with Crippen LogP contribution in [0.5, 0.6) is 5.75 Å². The Labute approximate surface area is 151 Å². The fraction of sp³-hybridized carbons (Fsp3) is 0.176. The Morgan fingerprint density at radius 1 is 1.13 bits per heavy atom. The lowest BCUT2D eigenvalue weighted by atomic mass is 10.1. The number of rotatable bonds is 5. The molecule has 0 aliphatic rings. The standard InChI is InChI=1S/C17H15Br2NO3/c1-10(21)12-4-3-5-14(8-12)20-17(22)11(2)23-16-7-6-13(18)9-15(16)19/h3-9,11H,1-2H3,(H,20,22)/t11-/m1/s1. The summed E-state index contributed by atoms with van der Waals surface area (Å²) in [6, 6.07) is 12.3. The molecule has 0 aromatic heterocycles. The number of carbonyl (C=O) groups is 2. The van der Waals surface area contributed by atoms with Crippen molar-refractivity contribution in [3.05, 3.63) is 57.0 Å². The summed E-state index contributed by atoms with van der Waals surface area (Å²) in [6.07, 6.45) is -0.687. The molecule has 2 rings (SSSR count). The maximum Gasteiger partial charge on any atom is 0.265 e. The minimum Gasteiger partial charge on any atom is -0.480 e. The van der Waals surface area contributed by atoms with Crippen LogP contribution in [0.25, 0.3) is 0 Å². The number of ether oxygens (including phenoxy) is 1. The van der Waals surface area contributed by atoms with E-state index in [0.717, 1.165) is 8.95 Å². The van der Waals surface area contributed by atoms with Gasteiger partial charge in [-0.2, -0.15) is 0 Å². The van der Waals surface area contributed by atoms with Crippen molar-refractivity contribution in [1.29, 1.82) is 0 Å². The zero-order valence-corrected chi connectivity index (χ0v) is 15.8. The second-order valence-electron chi connectivity index (χ2n) is 4.96. The maximum absolute atomic E-state index is 12.2. The first-order valence-corrected chi connectivity index (χ1v) is 8.49. The van der Waals surface area contributed by atoms with E-state index in [1.807, 2.05) is 12.1 Å². The fourth-order valence-electron chi connectivity index (χ4n) is 1.87. The monoisotopic (exact) mass is 439 g/mol. The Kier molecular flexibility index (Phi) is 5.96. The quantitative estimate of drug-likeness (QED) is 0.678. The van der Waals surface area contributed by atoms with Gasteiger partial charge in [0.05, 0.1) is 4.47 Å². The van der Waals surface area contributed by atoms with Crippen molar-refractivity contribution in [1.82, 2.24) is 0 Å². The number of anilines is 1. The van der Waals surface area contributed by atoms with Gasteiger partial charge in [-0.1, -0.05) is 28.1 Å². The molecule has 6 heteroatoms. The molecule has 0 unspecified atom stereocenters. The van der Waals surface area contributed by atoms with Crippen molar-refractivity contribution in [2.24, 2.45) is 0 Å². The third kappa shape index (κ3) is 4.91. The summed E-state index contributed by atoms with van der Waals surface area (Å²) < 4.78 is 7.33. The number of Topliss-reactive ketones (excluding diaryl/α,β-unsaturated/α-hetero) is 1. The summed E-state index contributed by atoms with van der Waals surface area (Å²) in [7, 11) is 0. The molecule has 4 nitrogen and oxygen atoms in total. The predicted octanol–water partition coefficient (Wildman–Crippen LogP) is 4.82. The van der Waals surface area contributed by atoms with Gasteiger partial charge < -0.3 is 10.1 Å². The van der Waals surface area contributed by atoms with Gasteiger partial charge in [0.2, 0.25) is 0 Å². The fourth-order valence-corrected chi connectivity index (χ4v) is 3.02. The van der Waals surface area contributed by atoms with Crippen LogP contribution < -0.4 is 10.1 Å². The van der Waals surface area contributed by atoms with Gasteiger partial charge in [0.15, 0.2) is 11.9 Å². The van der Waals surface area contributed by atoms with Gasteiger partial charge in [-0.15, -0.1) is 0 Å². The SMILES string of the molecule is CC(=O)c1cccc(NC(=O)[C@@H](C)Oc2ccc(Br)cc2Br)c1. The van der Waals surface area contributed by atoms with Crippen LogP contribution in [0.2, 0.25) is 0 Å². The number of nitrogens with one attached hydrogen (secondary N) is 1. The first kappa shape index (κ1) is 17.7.